The van der Waals surface area contributed by atoms with Crippen molar-refractivity contribution in [2.45, 2.75) is 65.9 Å². The SMILES string of the molecule is CCNCc1cc(Cn2c(CC)nc3c(C)cc(C)nc32)ccc1-c1ccccc1S(=O)(=O)Nc1onc(C)c1C. The van der Waals surface area contributed by atoms with Crippen LogP contribution in [0.3, 0.4) is 0 Å². The number of hydrogen-bond acceptors (Lipinski definition) is 7. The number of aryl methyl sites for hydroxylation is 4. The maximum absolute atomic E-state index is 13.6. The molecule has 0 aliphatic carbocycles. The van der Waals surface area contributed by atoms with Crippen LogP contribution in [0.15, 0.2) is 57.9 Å². The van der Waals surface area contributed by atoms with Gasteiger partial charge in [-0.3, -0.25) is 0 Å². The quantitative estimate of drug-likeness (QED) is 0.216. The van der Waals surface area contributed by atoms with Crippen molar-refractivity contribution in [2.75, 3.05) is 11.3 Å². The van der Waals surface area contributed by atoms with Gasteiger partial charge in [-0.15, -0.1) is 0 Å². The highest BCUT2D eigenvalue weighted by Crippen LogP contribution is 2.33. The molecule has 41 heavy (non-hydrogen) atoms. The minimum atomic E-state index is -3.96. The van der Waals surface area contributed by atoms with Crippen molar-refractivity contribution in [3.05, 3.63) is 88.0 Å². The molecule has 3 aromatic heterocycles. The molecule has 0 amide bonds. The zero-order valence-corrected chi connectivity index (χ0v) is 25.2. The minimum Gasteiger partial charge on any atom is -0.337 e. The second-order valence-electron chi connectivity index (χ2n) is 10.3. The van der Waals surface area contributed by atoms with Crippen molar-refractivity contribution < 1.29 is 12.9 Å². The number of benzene rings is 2. The van der Waals surface area contributed by atoms with Crippen LogP contribution in [0.5, 0.6) is 0 Å². The van der Waals surface area contributed by atoms with E-state index in [1.54, 1.807) is 26.0 Å². The number of nitrogens with one attached hydrogen (secondary N) is 2. The first kappa shape index (κ1) is 28.5. The molecule has 0 radical (unpaired) electrons. The van der Waals surface area contributed by atoms with Crippen LogP contribution in [0.4, 0.5) is 5.88 Å². The van der Waals surface area contributed by atoms with Crippen LogP contribution in [0.2, 0.25) is 0 Å². The van der Waals surface area contributed by atoms with E-state index in [2.05, 4.69) is 58.7 Å². The number of fused-ring (bicyclic) bond motifs is 1. The first-order valence-electron chi connectivity index (χ1n) is 13.8. The summed E-state index contributed by atoms with van der Waals surface area (Å²) in [4.78, 5) is 9.88. The first-order chi connectivity index (χ1) is 19.6. The number of imidazole rings is 1. The van der Waals surface area contributed by atoms with E-state index >= 15 is 0 Å². The van der Waals surface area contributed by atoms with Gasteiger partial charge >= 0.3 is 0 Å². The molecule has 10 heteroatoms. The summed E-state index contributed by atoms with van der Waals surface area (Å²) >= 11 is 0. The van der Waals surface area contributed by atoms with Crippen LogP contribution in [-0.4, -0.2) is 34.7 Å². The summed E-state index contributed by atoms with van der Waals surface area (Å²) in [6.45, 7) is 13.8. The Bertz CT molecular complexity index is 1840. The second kappa shape index (κ2) is 11.5. The van der Waals surface area contributed by atoms with Gasteiger partial charge in [0.25, 0.3) is 10.0 Å². The molecule has 0 fully saturated rings. The van der Waals surface area contributed by atoms with Crippen molar-refractivity contribution in [1.29, 1.82) is 0 Å². The fourth-order valence-electron chi connectivity index (χ4n) is 5.09. The lowest BCUT2D eigenvalue weighted by atomic mass is 9.97. The molecule has 5 rings (SSSR count). The lowest BCUT2D eigenvalue weighted by molar-refractivity contribution is 0.430. The van der Waals surface area contributed by atoms with Gasteiger partial charge in [0.05, 0.1) is 17.1 Å². The lowest BCUT2D eigenvalue weighted by Crippen LogP contribution is -2.16. The lowest BCUT2D eigenvalue weighted by Gasteiger charge is -2.17. The van der Waals surface area contributed by atoms with E-state index in [-0.39, 0.29) is 10.8 Å². The normalized spacial score (nSPS) is 11.9. The molecule has 2 aromatic carbocycles. The summed E-state index contributed by atoms with van der Waals surface area (Å²) in [6, 6.07) is 15.3. The zero-order chi connectivity index (χ0) is 29.3. The minimum absolute atomic E-state index is 0.124. The molecule has 0 atom stereocenters. The summed E-state index contributed by atoms with van der Waals surface area (Å²) in [6.07, 6.45) is 0.791. The third-order valence-electron chi connectivity index (χ3n) is 7.34. The largest absolute Gasteiger partial charge is 0.337 e. The monoisotopic (exact) mass is 572 g/mol. The van der Waals surface area contributed by atoms with Gasteiger partial charge in [0.1, 0.15) is 11.3 Å². The summed E-state index contributed by atoms with van der Waals surface area (Å²) in [7, 11) is -3.96. The zero-order valence-electron chi connectivity index (χ0n) is 24.4. The molecule has 2 N–H and O–H groups in total. The Morgan fingerprint density at radius 3 is 2.44 bits per heavy atom. The molecule has 0 saturated carbocycles. The average molecular weight is 573 g/mol. The van der Waals surface area contributed by atoms with Crippen molar-refractivity contribution in [3.8, 4) is 11.1 Å². The fourth-order valence-corrected chi connectivity index (χ4v) is 6.36. The molecule has 0 aliphatic rings. The van der Waals surface area contributed by atoms with Gasteiger partial charge in [0.2, 0.25) is 5.88 Å². The summed E-state index contributed by atoms with van der Waals surface area (Å²) < 4.78 is 37.2. The second-order valence-corrected chi connectivity index (χ2v) is 12.0. The molecule has 0 saturated heterocycles. The van der Waals surface area contributed by atoms with Gasteiger partial charge in [-0.25, -0.2) is 23.1 Å². The third-order valence-corrected chi connectivity index (χ3v) is 8.73. The van der Waals surface area contributed by atoms with Crippen LogP contribution in [0, 0.1) is 27.7 Å². The highest BCUT2D eigenvalue weighted by atomic mass is 32.2. The highest BCUT2D eigenvalue weighted by Gasteiger charge is 2.24. The molecule has 0 spiro atoms. The van der Waals surface area contributed by atoms with E-state index in [1.807, 2.05) is 25.1 Å². The maximum Gasteiger partial charge on any atom is 0.264 e. The Labute approximate surface area is 241 Å². The van der Waals surface area contributed by atoms with Gasteiger partial charge in [0, 0.05) is 29.8 Å². The Morgan fingerprint density at radius 1 is 0.951 bits per heavy atom. The molecule has 3 heterocycles. The van der Waals surface area contributed by atoms with E-state index in [4.69, 9.17) is 14.5 Å². The van der Waals surface area contributed by atoms with E-state index in [1.165, 1.54) is 0 Å². The molecule has 0 bridgehead atoms. The smallest absolute Gasteiger partial charge is 0.264 e. The van der Waals surface area contributed by atoms with Gasteiger partial charge in [-0.2, -0.15) is 0 Å². The van der Waals surface area contributed by atoms with E-state index in [0.717, 1.165) is 57.9 Å². The Hall–Kier alpha value is -4.02. The van der Waals surface area contributed by atoms with Gasteiger partial charge in [-0.05, 0) is 68.6 Å². The molecule has 0 aliphatic heterocycles. The molecule has 5 aromatic rings. The van der Waals surface area contributed by atoms with Crippen LogP contribution in [0.1, 0.15) is 53.3 Å². The predicted molar refractivity (Wildman–Crippen MR) is 162 cm³/mol. The van der Waals surface area contributed by atoms with E-state index in [9.17, 15) is 8.42 Å². The topological polar surface area (TPSA) is 115 Å². The number of sulfonamides is 1. The summed E-state index contributed by atoms with van der Waals surface area (Å²) in [5, 5.41) is 7.30. The molecule has 9 nitrogen and oxygen atoms in total. The van der Waals surface area contributed by atoms with Crippen molar-refractivity contribution in [2.24, 2.45) is 0 Å². The predicted octanol–water partition coefficient (Wildman–Crippen LogP) is 5.84. The van der Waals surface area contributed by atoms with E-state index in [0.29, 0.717) is 29.9 Å². The van der Waals surface area contributed by atoms with Gasteiger partial charge in [-0.1, -0.05) is 55.4 Å². The number of anilines is 1. The number of pyridine rings is 1. The van der Waals surface area contributed by atoms with Crippen molar-refractivity contribution in [1.82, 2.24) is 25.0 Å². The van der Waals surface area contributed by atoms with Crippen LogP contribution in [0.25, 0.3) is 22.3 Å². The summed E-state index contributed by atoms with van der Waals surface area (Å²) in [5.74, 6) is 1.11. The Kier molecular flexibility index (Phi) is 7.97. The van der Waals surface area contributed by atoms with Gasteiger partial charge in [0.15, 0.2) is 5.65 Å². The third kappa shape index (κ3) is 5.62. The maximum atomic E-state index is 13.6. The standard InChI is InChI=1S/C31H36N6O3S/c1-7-28-34-29-19(3)15-20(4)33-30(29)37(28)18-23-13-14-25(24(16-23)17-32-8-2)26-11-9-10-12-27(26)41(38,39)36-31-21(5)22(6)35-40-31/h9-16,32,36H,7-8,17-18H2,1-6H3. The number of rotatable bonds is 10. The van der Waals surface area contributed by atoms with Crippen LogP contribution in [-0.2, 0) is 29.5 Å². The van der Waals surface area contributed by atoms with Crippen LogP contribution >= 0.6 is 0 Å². The van der Waals surface area contributed by atoms with E-state index < -0.39 is 10.0 Å². The molecule has 0 unspecified atom stereocenters. The number of nitrogens with zero attached hydrogens (tertiary/aromatic N) is 4. The molecule has 214 valence electrons. The van der Waals surface area contributed by atoms with Crippen molar-refractivity contribution in [3.63, 3.8) is 0 Å². The highest BCUT2D eigenvalue weighted by molar-refractivity contribution is 7.92. The number of hydrogen-bond donors (Lipinski definition) is 2. The molecular weight excluding hydrogens is 536 g/mol. The van der Waals surface area contributed by atoms with Crippen LogP contribution < -0.4 is 10.0 Å². The van der Waals surface area contributed by atoms with Crippen molar-refractivity contribution >= 4 is 27.1 Å². The number of aromatic nitrogens is 4. The van der Waals surface area contributed by atoms with Gasteiger partial charge < -0.3 is 14.4 Å². The Balaban J connectivity index is 1.57. The average Bonchev–Trinajstić information content (AvgIpc) is 3.46. The Morgan fingerprint density at radius 2 is 1.73 bits per heavy atom. The first-order valence-corrected chi connectivity index (χ1v) is 15.3. The molecular formula is C31H36N6O3S. The fraction of sp³-hybridized carbons (Fsp3) is 0.323. The summed E-state index contributed by atoms with van der Waals surface area (Å²) in [5.41, 5.74) is 8.73.